The summed E-state index contributed by atoms with van der Waals surface area (Å²) in [5, 5.41) is 31.0. The van der Waals surface area contributed by atoms with E-state index in [1.807, 2.05) is 50.3 Å². The first-order valence-corrected chi connectivity index (χ1v) is 18.9. The second-order valence-corrected chi connectivity index (χ2v) is 14.2. The van der Waals surface area contributed by atoms with Crippen LogP contribution >= 0.6 is 0 Å². The van der Waals surface area contributed by atoms with Crippen molar-refractivity contribution in [3.63, 3.8) is 0 Å². The lowest BCUT2D eigenvalue weighted by Crippen LogP contribution is -2.59. The Bertz CT molecular complexity index is 1680. The maximum atomic E-state index is 14.1. The Morgan fingerprint density at radius 2 is 1.70 bits per heavy atom. The molecular weight excluding hydrogens is 736 g/mol. The van der Waals surface area contributed by atoms with Gasteiger partial charge in [-0.25, -0.2) is 9.59 Å². The van der Waals surface area contributed by atoms with Gasteiger partial charge >= 0.3 is 11.9 Å². The van der Waals surface area contributed by atoms with Crippen LogP contribution in [0.5, 0.6) is 0 Å². The van der Waals surface area contributed by atoms with E-state index in [-0.39, 0.29) is 55.9 Å². The topological polar surface area (TPSA) is 268 Å². The maximum absolute atomic E-state index is 14.1. The van der Waals surface area contributed by atoms with Gasteiger partial charge in [0.1, 0.15) is 17.8 Å². The summed E-state index contributed by atoms with van der Waals surface area (Å²) >= 11 is 0. The number of carboxylic acid groups (broad SMARTS) is 2. The van der Waals surface area contributed by atoms with Crippen LogP contribution in [0.4, 0.5) is 0 Å². The number of nitrogens with one attached hydrogen (secondary N) is 4. The Morgan fingerprint density at radius 3 is 2.28 bits per heavy atom. The smallest absolute Gasteiger partial charge is 0.327 e. The number of nitrogens with two attached hydrogens (primary N) is 2. The molecule has 1 fully saturated rings. The third-order valence-corrected chi connectivity index (χ3v) is 9.80. The van der Waals surface area contributed by atoms with Crippen molar-refractivity contribution in [3.05, 3.63) is 71.5 Å². The average Bonchev–Trinajstić information content (AvgIpc) is 3.16. The lowest BCUT2D eigenvalue weighted by molar-refractivity contribution is -0.143. The fourth-order valence-electron chi connectivity index (χ4n) is 6.36. The van der Waals surface area contributed by atoms with Crippen LogP contribution in [0.1, 0.15) is 65.9 Å². The number of hydrogen-bond donors (Lipinski definition) is 8. The number of likely N-dealkylation sites (N-methyl/N-ethyl adjacent to an activating group) is 1. The summed E-state index contributed by atoms with van der Waals surface area (Å²) in [6.07, 6.45) is 6.93. The number of hydrogen-bond acceptors (Lipinski definition) is 9. The van der Waals surface area contributed by atoms with Crippen molar-refractivity contribution in [2.24, 2.45) is 28.3 Å². The Morgan fingerprint density at radius 1 is 1.04 bits per heavy atom. The number of methoxy groups -OCH3 is 1. The highest BCUT2D eigenvalue weighted by atomic mass is 16.5. The number of aliphatic carboxylic acids is 2. The van der Waals surface area contributed by atoms with Gasteiger partial charge in [0.05, 0.1) is 24.1 Å². The summed E-state index contributed by atoms with van der Waals surface area (Å²) in [4.78, 5) is 84.1. The van der Waals surface area contributed by atoms with Gasteiger partial charge in [-0.05, 0) is 52.0 Å². The number of benzene rings is 1. The summed E-state index contributed by atoms with van der Waals surface area (Å²) in [5.74, 6) is -6.86. The molecule has 57 heavy (non-hydrogen) atoms. The molecule has 4 amide bonds. The van der Waals surface area contributed by atoms with E-state index in [1.165, 1.54) is 33.9 Å². The van der Waals surface area contributed by atoms with Crippen molar-refractivity contribution in [1.82, 2.24) is 26.2 Å². The van der Waals surface area contributed by atoms with Crippen LogP contribution in [0.15, 0.2) is 70.9 Å². The molecule has 314 valence electrons. The number of allylic oxidation sites excluding steroid dienone is 3. The summed E-state index contributed by atoms with van der Waals surface area (Å²) in [6, 6.07) is 3.76. The zero-order valence-corrected chi connectivity index (χ0v) is 33.9. The molecule has 1 saturated heterocycles. The Kier molecular flexibility index (Phi) is 19.6. The molecule has 1 aliphatic heterocycles. The molecule has 8 unspecified atom stereocenters. The largest absolute Gasteiger partial charge is 0.480 e. The second-order valence-electron chi connectivity index (χ2n) is 14.2. The van der Waals surface area contributed by atoms with E-state index in [1.54, 1.807) is 19.3 Å². The molecule has 1 aromatic rings. The number of ether oxygens (including phenoxy) is 1. The third kappa shape index (κ3) is 15.5. The Hall–Kier alpha value is -5.55. The molecule has 1 aliphatic rings. The van der Waals surface area contributed by atoms with Crippen molar-refractivity contribution in [1.29, 1.82) is 0 Å². The number of carboxylic acids is 2. The molecular formula is C40H60N8O9. The van der Waals surface area contributed by atoms with Gasteiger partial charge in [0.15, 0.2) is 5.96 Å². The highest BCUT2D eigenvalue weighted by Gasteiger charge is 2.35. The molecule has 2 rings (SSSR count). The van der Waals surface area contributed by atoms with E-state index in [0.717, 1.165) is 16.0 Å². The van der Waals surface area contributed by atoms with E-state index in [4.69, 9.17) is 16.2 Å². The van der Waals surface area contributed by atoms with Crippen LogP contribution < -0.4 is 32.7 Å². The minimum Gasteiger partial charge on any atom is -0.480 e. The van der Waals surface area contributed by atoms with Crippen molar-refractivity contribution in [2.45, 2.75) is 103 Å². The standard InChI is InChI=1S/C40H60N8O9/c1-8-31-37(52)47-34(39(55)56)26(5)44-29(15-12-20-43-40(41)42)36(51)45-28(25(4)35(50)46-30(38(53)54)18-19-33(49)48(31)6)17-16-23(2)21-24(3)32(57-7)22-27-13-10-9-11-14-27/h8-11,13-14,16-17,21,24-26,28-30,32,34,44H,12,15,18-20,22H2,1-7H3,(H,45,51)(H,46,50)(H,47,52)(H,53,54)(H,55,56)(H4,41,42,43). The average molecular weight is 797 g/mol. The fourth-order valence-corrected chi connectivity index (χ4v) is 6.36. The van der Waals surface area contributed by atoms with Crippen LogP contribution in [-0.2, 0) is 39.9 Å². The lowest BCUT2D eigenvalue weighted by Gasteiger charge is -2.31. The molecule has 1 heterocycles. The first kappa shape index (κ1) is 47.6. The molecule has 17 heteroatoms. The van der Waals surface area contributed by atoms with Gasteiger partial charge in [-0.3, -0.25) is 24.2 Å². The number of carbonyl (C=O) groups excluding carboxylic acids is 4. The van der Waals surface area contributed by atoms with Gasteiger partial charge in [0.25, 0.3) is 5.91 Å². The van der Waals surface area contributed by atoms with E-state index < -0.39 is 71.7 Å². The van der Waals surface area contributed by atoms with Gasteiger partial charge in [0.2, 0.25) is 17.7 Å². The van der Waals surface area contributed by atoms with E-state index in [2.05, 4.69) is 26.3 Å². The SMILES string of the molecule is CC=C1C(=O)NC(C(=O)O)C(C)NC(CCCN=C(N)N)C(=O)NC(C=CC(C)=CC(C)C(Cc2ccccc2)OC)C(C)C(=O)NC(C(=O)O)CCC(=O)N1C. The van der Waals surface area contributed by atoms with E-state index in [9.17, 15) is 39.0 Å². The molecule has 0 radical (unpaired) electrons. The van der Waals surface area contributed by atoms with Crippen LogP contribution in [0.2, 0.25) is 0 Å². The number of carbonyl (C=O) groups is 6. The van der Waals surface area contributed by atoms with Gasteiger partial charge in [-0.1, -0.05) is 74.1 Å². The fraction of sp³-hybridized carbons (Fsp3) is 0.525. The normalized spacial score (nSPS) is 25.4. The highest BCUT2D eigenvalue weighted by Crippen LogP contribution is 2.18. The molecule has 10 N–H and O–H groups in total. The second kappa shape index (κ2) is 23.5. The summed E-state index contributed by atoms with van der Waals surface area (Å²) in [7, 11) is 2.95. The number of nitrogens with zero attached hydrogens (tertiary/aromatic N) is 2. The highest BCUT2D eigenvalue weighted by molar-refractivity contribution is 5.99. The molecule has 0 spiro atoms. The van der Waals surface area contributed by atoms with Crippen LogP contribution in [0.25, 0.3) is 0 Å². The first-order valence-electron chi connectivity index (χ1n) is 18.9. The summed E-state index contributed by atoms with van der Waals surface area (Å²) in [5.41, 5.74) is 12.7. The van der Waals surface area contributed by atoms with Crippen LogP contribution in [0.3, 0.4) is 0 Å². The number of guanidine groups is 1. The zero-order valence-electron chi connectivity index (χ0n) is 33.9. The molecule has 0 bridgehead atoms. The lowest BCUT2D eigenvalue weighted by atomic mass is 9.94. The number of rotatable bonds is 13. The maximum Gasteiger partial charge on any atom is 0.327 e. The van der Waals surface area contributed by atoms with Gasteiger partial charge in [-0.15, -0.1) is 0 Å². The van der Waals surface area contributed by atoms with Gasteiger partial charge < -0.3 is 52.6 Å². The van der Waals surface area contributed by atoms with Gasteiger partial charge in [-0.2, -0.15) is 0 Å². The van der Waals surface area contributed by atoms with Crippen molar-refractivity contribution < 1.29 is 43.7 Å². The van der Waals surface area contributed by atoms with E-state index >= 15 is 0 Å². The quantitative estimate of drug-likeness (QED) is 0.0460. The summed E-state index contributed by atoms with van der Waals surface area (Å²) < 4.78 is 5.80. The Labute approximate surface area is 334 Å². The Balaban J connectivity index is 2.60. The molecule has 0 aliphatic carbocycles. The third-order valence-electron chi connectivity index (χ3n) is 9.80. The molecule has 8 atom stereocenters. The van der Waals surface area contributed by atoms with E-state index in [0.29, 0.717) is 6.42 Å². The van der Waals surface area contributed by atoms with Crippen LogP contribution in [-0.4, -0.2) is 114 Å². The number of amides is 4. The first-order chi connectivity index (χ1) is 26.9. The number of aliphatic imine (C=N–C) groups is 1. The van der Waals surface area contributed by atoms with Crippen LogP contribution in [0, 0.1) is 11.8 Å². The zero-order chi connectivity index (χ0) is 42.8. The minimum atomic E-state index is -1.56. The van der Waals surface area contributed by atoms with Gasteiger partial charge in [0, 0.05) is 39.1 Å². The molecule has 0 saturated carbocycles. The summed E-state index contributed by atoms with van der Waals surface area (Å²) in [6.45, 7) is 8.52. The van der Waals surface area contributed by atoms with Crippen molar-refractivity contribution >= 4 is 41.5 Å². The molecule has 1 aromatic carbocycles. The predicted octanol–water partition coefficient (Wildman–Crippen LogP) is 1.20. The predicted molar refractivity (Wildman–Crippen MR) is 215 cm³/mol. The molecule has 0 aromatic heterocycles. The van der Waals surface area contributed by atoms with Crippen molar-refractivity contribution in [3.8, 4) is 0 Å². The minimum absolute atomic E-state index is 0.0367. The van der Waals surface area contributed by atoms with Crippen molar-refractivity contribution in [2.75, 3.05) is 20.7 Å². The molecule has 17 nitrogen and oxygen atoms in total. The monoisotopic (exact) mass is 796 g/mol.